The van der Waals surface area contributed by atoms with E-state index in [2.05, 4.69) is 118 Å². The lowest BCUT2D eigenvalue weighted by atomic mass is 10.1. The largest absolute Gasteiger partial charge is 0.462 e. The van der Waals surface area contributed by atoms with Gasteiger partial charge in [0.15, 0.2) is 6.10 Å². The Morgan fingerprint density at radius 2 is 0.682 bits per heavy atom. The van der Waals surface area contributed by atoms with Crippen molar-refractivity contribution in [1.29, 1.82) is 0 Å². The van der Waals surface area contributed by atoms with Gasteiger partial charge in [0.1, 0.15) is 6.61 Å². The van der Waals surface area contributed by atoms with E-state index in [-0.39, 0.29) is 25.2 Å². The molecule has 0 aliphatic rings. The first-order valence-electron chi connectivity index (χ1n) is 27.8. The standard InChI is InChI=1S/C61H104O5/c1-4-7-10-13-16-19-22-25-27-29-30-31-33-35-38-41-44-47-50-53-56-64-57-59(66-61(63)55-52-49-46-43-40-36-24-21-18-15-12-9-6-3)58-65-60(62)54-51-48-45-42-39-37-34-32-28-26-23-20-17-14-11-8-5-2/h8-9,11-12,16-21,25-28,36,40,59H,4-7,10,13-15,22-24,29-35,37-39,41-58H2,1-3H3/b11-8-,12-9-,19-16-,20-17-,21-18-,27-25-,28-26-,40-36-. The highest BCUT2D eigenvalue weighted by molar-refractivity contribution is 5.70. The van der Waals surface area contributed by atoms with Gasteiger partial charge in [0, 0.05) is 19.4 Å². The van der Waals surface area contributed by atoms with Crippen LogP contribution in [0.2, 0.25) is 0 Å². The van der Waals surface area contributed by atoms with Crippen molar-refractivity contribution in [2.75, 3.05) is 19.8 Å². The minimum Gasteiger partial charge on any atom is -0.462 e. The predicted molar refractivity (Wildman–Crippen MR) is 288 cm³/mol. The summed E-state index contributed by atoms with van der Waals surface area (Å²) in [6.45, 7) is 7.54. The third kappa shape index (κ3) is 53.4. The third-order valence-electron chi connectivity index (χ3n) is 11.6. The fourth-order valence-electron chi connectivity index (χ4n) is 7.51. The number of carbonyl (C=O) groups excluding carboxylic acids is 2. The smallest absolute Gasteiger partial charge is 0.306 e. The highest BCUT2D eigenvalue weighted by Crippen LogP contribution is 2.14. The summed E-state index contributed by atoms with van der Waals surface area (Å²) in [7, 11) is 0. The average Bonchev–Trinajstić information content (AvgIpc) is 3.32. The molecule has 0 aromatic heterocycles. The van der Waals surface area contributed by atoms with Gasteiger partial charge in [-0.3, -0.25) is 9.59 Å². The van der Waals surface area contributed by atoms with Crippen molar-refractivity contribution in [3.8, 4) is 0 Å². The van der Waals surface area contributed by atoms with Crippen LogP contribution in [0.1, 0.15) is 252 Å². The van der Waals surface area contributed by atoms with Gasteiger partial charge < -0.3 is 14.2 Å². The van der Waals surface area contributed by atoms with Gasteiger partial charge in [-0.2, -0.15) is 0 Å². The number of ether oxygens (including phenoxy) is 3. The minimum atomic E-state index is -0.563. The number of unbranched alkanes of at least 4 members (excludes halogenated alkanes) is 23. The lowest BCUT2D eigenvalue weighted by Gasteiger charge is -2.18. The summed E-state index contributed by atoms with van der Waals surface area (Å²) in [6, 6.07) is 0. The molecule has 0 amide bonds. The summed E-state index contributed by atoms with van der Waals surface area (Å²) < 4.78 is 17.4. The Bertz CT molecular complexity index is 1270. The van der Waals surface area contributed by atoms with Crippen molar-refractivity contribution < 1.29 is 23.8 Å². The van der Waals surface area contributed by atoms with Gasteiger partial charge in [-0.15, -0.1) is 0 Å². The molecule has 0 radical (unpaired) electrons. The molecule has 5 nitrogen and oxygen atoms in total. The van der Waals surface area contributed by atoms with Gasteiger partial charge in [-0.25, -0.2) is 0 Å². The molecule has 0 N–H and O–H groups in total. The summed E-state index contributed by atoms with van der Waals surface area (Å²) in [5, 5.41) is 0. The highest BCUT2D eigenvalue weighted by Gasteiger charge is 2.17. The number of carbonyl (C=O) groups is 2. The Kier molecular flexibility index (Phi) is 53.4. The summed E-state index contributed by atoms with van der Waals surface area (Å²) in [5.74, 6) is -0.443. The van der Waals surface area contributed by atoms with Crippen molar-refractivity contribution >= 4 is 11.9 Å². The van der Waals surface area contributed by atoms with E-state index in [4.69, 9.17) is 14.2 Å². The molecule has 0 aliphatic heterocycles. The maximum Gasteiger partial charge on any atom is 0.306 e. The van der Waals surface area contributed by atoms with Crippen molar-refractivity contribution in [3.05, 3.63) is 97.2 Å². The molecule has 0 saturated heterocycles. The predicted octanol–water partition coefficient (Wildman–Crippen LogP) is 19.0. The number of hydrogen-bond donors (Lipinski definition) is 0. The van der Waals surface area contributed by atoms with Crippen LogP contribution in [-0.4, -0.2) is 37.9 Å². The molecule has 66 heavy (non-hydrogen) atoms. The van der Waals surface area contributed by atoms with E-state index in [1.165, 1.54) is 109 Å². The first-order valence-corrected chi connectivity index (χ1v) is 27.8. The van der Waals surface area contributed by atoms with Crippen LogP contribution in [0, 0.1) is 0 Å². The van der Waals surface area contributed by atoms with E-state index >= 15 is 0 Å². The number of allylic oxidation sites excluding steroid dienone is 16. The molecule has 0 heterocycles. The molecule has 0 aromatic carbocycles. The van der Waals surface area contributed by atoms with E-state index in [0.29, 0.717) is 19.4 Å². The fraction of sp³-hybridized carbons (Fsp3) is 0.705. The Morgan fingerprint density at radius 3 is 1.11 bits per heavy atom. The van der Waals surface area contributed by atoms with Crippen LogP contribution in [0.25, 0.3) is 0 Å². The average molecular weight is 917 g/mol. The van der Waals surface area contributed by atoms with Crippen molar-refractivity contribution in [2.24, 2.45) is 0 Å². The third-order valence-corrected chi connectivity index (χ3v) is 11.6. The van der Waals surface area contributed by atoms with Crippen molar-refractivity contribution in [2.45, 2.75) is 258 Å². The molecule has 0 bridgehead atoms. The Labute approximate surface area is 409 Å². The van der Waals surface area contributed by atoms with Crippen LogP contribution in [0.5, 0.6) is 0 Å². The minimum absolute atomic E-state index is 0.0628. The van der Waals surface area contributed by atoms with E-state index in [1.54, 1.807) is 0 Å². The zero-order chi connectivity index (χ0) is 47.7. The second-order valence-electron chi connectivity index (χ2n) is 18.1. The number of hydrogen-bond acceptors (Lipinski definition) is 5. The molecular formula is C61H104O5. The molecule has 378 valence electrons. The zero-order valence-corrected chi connectivity index (χ0v) is 43.4. The Morgan fingerprint density at radius 1 is 0.348 bits per heavy atom. The Balaban J connectivity index is 4.30. The van der Waals surface area contributed by atoms with Gasteiger partial charge in [0.25, 0.3) is 0 Å². The fourth-order valence-corrected chi connectivity index (χ4v) is 7.51. The lowest BCUT2D eigenvalue weighted by Crippen LogP contribution is -2.30. The van der Waals surface area contributed by atoms with Gasteiger partial charge in [0.2, 0.25) is 0 Å². The van der Waals surface area contributed by atoms with E-state index in [0.717, 1.165) is 109 Å². The normalized spacial score (nSPS) is 13.0. The number of rotatable bonds is 50. The SMILES string of the molecule is CC/C=C\C/C=C\C/C=C\CCCCCCCCCC(=O)OCC(COCCCCCCCCCCCC/C=C\C/C=C\CCCCC)OC(=O)CCCCC/C=C\C/C=C\C/C=C\CC. The van der Waals surface area contributed by atoms with Gasteiger partial charge in [-0.1, -0.05) is 221 Å². The Hall–Kier alpha value is -3.18. The molecule has 0 saturated carbocycles. The van der Waals surface area contributed by atoms with Crippen LogP contribution in [0.3, 0.4) is 0 Å². The quantitative estimate of drug-likeness (QED) is 0.0346. The molecule has 0 aliphatic carbocycles. The summed E-state index contributed by atoms with van der Waals surface area (Å²) in [6.07, 6.45) is 75.7. The summed E-state index contributed by atoms with van der Waals surface area (Å²) in [4.78, 5) is 25.5. The second-order valence-corrected chi connectivity index (χ2v) is 18.1. The molecule has 1 unspecified atom stereocenters. The second kappa shape index (κ2) is 56.1. The molecular weight excluding hydrogens is 813 g/mol. The first kappa shape index (κ1) is 62.8. The lowest BCUT2D eigenvalue weighted by molar-refractivity contribution is -0.163. The molecule has 0 fully saturated rings. The van der Waals surface area contributed by atoms with Crippen LogP contribution in [0.15, 0.2) is 97.2 Å². The van der Waals surface area contributed by atoms with Crippen LogP contribution in [0.4, 0.5) is 0 Å². The van der Waals surface area contributed by atoms with Crippen molar-refractivity contribution in [3.63, 3.8) is 0 Å². The number of esters is 2. The van der Waals surface area contributed by atoms with Crippen LogP contribution < -0.4 is 0 Å². The monoisotopic (exact) mass is 917 g/mol. The van der Waals surface area contributed by atoms with E-state index < -0.39 is 6.10 Å². The van der Waals surface area contributed by atoms with Gasteiger partial charge in [0.05, 0.1) is 6.61 Å². The first-order chi connectivity index (χ1) is 32.6. The van der Waals surface area contributed by atoms with Crippen LogP contribution >= 0.6 is 0 Å². The highest BCUT2D eigenvalue weighted by atomic mass is 16.6. The molecule has 5 heteroatoms. The van der Waals surface area contributed by atoms with Crippen molar-refractivity contribution in [1.82, 2.24) is 0 Å². The molecule has 0 rings (SSSR count). The summed E-state index contributed by atoms with van der Waals surface area (Å²) >= 11 is 0. The zero-order valence-electron chi connectivity index (χ0n) is 43.4. The van der Waals surface area contributed by atoms with E-state index in [1.807, 2.05) is 0 Å². The molecule has 0 aromatic rings. The molecule has 0 spiro atoms. The van der Waals surface area contributed by atoms with Gasteiger partial charge >= 0.3 is 11.9 Å². The molecule has 1 atom stereocenters. The topological polar surface area (TPSA) is 61.8 Å². The van der Waals surface area contributed by atoms with Crippen LogP contribution in [-0.2, 0) is 23.8 Å². The maximum atomic E-state index is 12.8. The maximum absolute atomic E-state index is 12.8. The van der Waals surface area contributed by atoms with E-state index in [9.17, 15) is 9.59 Å². The summed E-state index contributed by atoms with van der Waals surface area (Å²) in [5.41, 5.74) is 0. The van der Waals surface area contributed by atoms with Gasteiger partial charge in [-0.05, 0) is 116 Å².